The zero-order valence-corrected chi connectivity index (χ0v) is 9.62. The highest BCUT2D eigenvalue weighted by molar-refractivity contribution is 6.31. The van der Waals surface area contributed by atoms with Crippen LogP contribution in [0.3, 0.4) is 0 Å². The van der Waals surface area contributed by atoms with Crippen LogP contribution in [0.1, 0.15) is 5.56 Å². The van der Waals surface area contributed by atoms with Crippen molar-refractivity contribution in [2.45, 2.75) is 6.61 Å². The first-order valence-corrected chi connectivity index (χ1v) is 5.31. The normalized spacial score (nSPS) is 10.2. The van der Waals surface area contributed by atoms with Crippen molar-refractivity contribution in [1.82, 2.24) is 4.98 Å². The molecule has 0 unspecified atom stereocenters. The fourth-order valence-electron chi connectivity index (χ4n) is 1.27. The van der Waals surface area contributed by atoms with E-state index in [1.807, 2.05) is 0 Å². The van der Waals surface area contributed by atoms with Crippen LogP contribution in [0.2, 0.25) is 5.02 Å². The number of hydrogen-bond donors (Lipinski definition) is 1. The van der Waals surface area contributed by atoms with Crippen LogP contribution in [-0.4, -0.2) is 4.98 Å². The quantitative estimate of drug-likeness (QED) is 0.913. The smallest absolute Gasteiger partial charge is 0.213 e. The van der Waals surface area contributed by atoms with Gasteiger partial charge in [0.25, 0.3) is 0 Å². The second-order valence-electron chi connectivity index (χ2n) is 3.45. The zero-order chi connectivity index (χ0) is 12.3. The molecule has 5 heteroatoms. The third kappa shape index (κ3) is 3.07. The van der Waals surface area contributed by atoms with Crippen molar-refractivity contribution in [2.75, 3.05) is 5.73 Å². The van der Waals surface area contributed by atoms with Gasteiger partial charge in [-0.2, -0.15) is 0 Å². The Bertz CT molecular complexity index is 516. The van der Waals surface area contributed by atoms with Gasteiger partial charge in [-0.3, -0.25) is 0 Å². The molecule has 1 heterocycles. The van der Waals surface area contributed by atoms with Crippen molar-refractivity contribution < 1.29 is 9.13 Å². The molecule has 0 saturated carbocycles. The monoisotopic (exact) mass is 252 g/mol. The van der Waals surface area contributed by atoms with E-state index in [1.54, 1.807) is 18.2 Å². The van der Waals surface area contributed by atoms with Gasteiger partial charge in [0.15, 0.2) is 0 Å². The van der Waals surface area contributed by atoms with E-state index in [4.69, 9.17) is 22.1 Å². The van der Waals surface area contributed by atoms with Crippen molar-refractivity contribution in [3.05, 3.63) is 52.9 Å². The molecule has 2 rings (SSSR count). The second-order valence-corrected chi connectivity index (χ2v) is 3.86. The van der Waals surface area contributed by atoms with E-state index in [9.17, 15) is 4.39 Å². The lowest BCUT2D eigenvalue weighted by atomic mass is 10.2. The molecular weight excluding hydrogens is 243 g/mol. The number of benzene rings is 1. The van der Waals surface area contributed by atoms with Gasteiger partial charge in [0.2, 0.25) is 5.88 Å². The van der Waals surface area contributed by atoms with Gasteiger partial charge >= 0.3 is 0 Å². The molecule has 2 aromatic rings. The van der Waals surface area contributed by atoms with Crippen LogP contribution in [0.4, 0.5) is 10.1 Å². The summed E-state index contributed by atoms with van der Waals surface area (Å²) in [6.07, 6.45) is 1.50. The highest BCUT2D eigenvalue weighted by atomic mass is 35.5. The first kappa shape index (κ1) is 11.7. The van der Waals surface area contributed by atoms with Crippen LogP contribution in [-0.2, 0) is 6.61 Å². The molecule has 0 spiro atoms. The summed E-state index contributed by atoms with van der Waals surface area (Å²) in [6.45, 7) is 0.232. The maximum atomic E-state index is 12.8. The van der Waals surface area contributed by atoms with Crippen molar-refractivity contribution in [2.24, 2.45) is 0 Å². The molecule has 0 saturated heterocycles. The summed E-state index contributed by atoms with van der Waals surface area (Å²) in [7, 11) is 0. The lowest BCUT2D eigenvalue weighted by Gasteiger charge is -2.07. The van der Waals surface area contributed by atoms with Gasteiger partial charge in [-0.15, -0.1) is 0 Å². The van der Waals surface area contributed by atoms with Gasteiger partial charge in [-0.25, -0.2) is 9.37 Å². The largest absolute Gasteiger partial charge is 0.473 e. The van der Waals surface area contributed by atoms with Crippen LogP contribution >= 0.6 is 11.6 Å². The minimum absolute atomic E-state index is 0.232. The number of rotatable bonds is 3. The van der Waals surface area contributed by atoms with Gasteiger partial charge in [0.1, 0.15) is 12.4 Å². The first-order chi connectivity index (χ1) is 8.15. The zero-order valence-electron chi connectivity index (χ0n) is 8.86. The molecule has 1 aromatic heterocycles. The number of aromatic nitrogens is 1. The number of ether oxygens (including phenoxy) is 1. The Morgan fingerprint density at radius 3 is 2.76 bits per heavy atom. The molecule has 0 atom stereocenters. The minimum atomic E-state index is -0.371. The van der Waals surface area contributed by atoms with Crippen LogP contribution in [0, 0.1) is 5.82 Å². The van der Waals surface area contributed by atoms with E-state index in [-0.39, 0.29) is 12.4 Å². The molecule has 0 radical (unpaired) electrons. The molecule has 0 amide bonds. The van der Waals surface area contributed by atoms with E-state index in [0.717, 1.165) is 0 Å². The SMILES string of the molecule is Nc1ccc(OCc2ccc(F)cc2Cl)nc1. The molecule has 0 aliphatic heterocycles. The van der Waals surface area contributed by atoms with Crippen molar-refractivity contribution >= 4 is 17.3 Å². The van der Waals surface area contributed by atoms with Crippen LogP contribution in [0.15, 0.2) is 36.5 Å². The number of pyridine rings is 1. The topological polar surface area (TPSA) is 48.1 Å². The summed E-state index contributed by atoms with van der Waals surface area (Å²) >= 11 is 5.86. The number of halogens is 2. The van der Waals surface area contributed by atoms with Gasteiger partial charge in [0.05, 0.1) is 16.9 Å². The summed E-state index contributed by atoms with van der Waals surface area (Å²) in [6, 6.07) is 7.51. The summed E-state index contributed by atoms with van der Waals surface area (Å²) in [4.78, 5) is 3.98. The van der Waals surface area contributed by atoms with Gasteiger partial charge in [-0.1, -0.05) is 17.7 Å². The number of nitrogen functional groups attached to an aromatic ring is 1. The highest BCUT2D eigenvalue weighted by Crippen LogP contribution is 2.19. The van der Waals surface area contributed by atoms with Crippen molar-refractivity contribution in [3.63, 3.8) is 0 Å². The lowest BCUT2D eigenvalue weighted by molar-refractivity contribution is 0.294. The molecule has 0 fully saturated rings. The third-order valence-electron chi connectivity index (χ3n) is 2.15. The molecule has 0 aliphatic carbocycles. The second kappa shape index (κ2) is 5.01. The molecule has 0 aliphatic rings. The van der Waals surface area contributed by atoms with E-state index >= 15 is 0 Å². The van der Waals surface area contributed by atoms with E-state index in [0.29, 0.717) is 22.2 Å². The standard InChI is InChI=1S/C12H10ClFN2O/c13-11-5-9(14)2-1-8(11)7-17-12-4-3-10(15)6-16-12/h1-6H,7,15H2. The van der Waals surface area contributed by atoms with E-state index < -0.39 is 0 Å². The maximum Gasteiger partial charge on any atom is 0.213 e. The van der Waals surface area contributed by atoms with Gasteiger partial charge < -0.3 is 10.5 Å². The van der Waals surface area contributed by atoms with E-state index in [2.05, 4.69) is 4.98 Å². The summed E-state index contributed by atoms with van der Waals surface area (Å²) in [5, 5.41) is 0.334. The predicted molar refractivity (Wildman–Crippen MR) is 64.4 cm³/mol. The average molecular weight is 253 g/mol. The van der Waals surface area contributed by atoms with Crippen LogP contribution in [0.5, 0.6) is 5.88 Å². The molecule has 88 valence electrons. The Hall–Kier alpha value is -1.81. The maximum absolute atomic E-state index is 12.8. The molecule has 17 heavy (non-hydrogen) atoms. The Kier molecular flexibility index (Phi) is 3.44. The fraction of sp³-hybridized carbons (Fsp3) is 0.0833. The summed E-state index contributed by atoms with van der Waals surface area (Å²) in [5.74, 6) is 0.0731. The van der Waals surface area contributed by atoms with Crippen molar-refractivity contribution in [1.29, 1.82) is 0 Å². The van der Waals surface area contributed by atoms with Crippen LogP contribution in [0.25, 0.3) is 0 Å². The predicted octanol–water partition coefficient (Wildman–Crippen LogP) is 3.04. The van der Waals surface area contributed by atoms with Crippen LogP contribution < -0.4 is 10.5 Å². The molecule has 0 bridgehead atoms. The number of nitrogens with zero attached hydrogens (tertiary/aromatic N) is 1. The number of nitrogens with two attached hydrogens (primary N) is 1. The Morgan fingerprint density at radius 1 is 1.29 bits per heavy atom. The Morgan fingerprint density at radius 2 is 2.12 bits per heavy atom. The summed E-state index contributed by atoms with van der Waals surface area (Å²) < 4.78 is 18.2. The third-order valence-corrected chi connectivity index (χ3v) is 2.50. The van der Waals surface area contributed by atoms with Gasteiger partial charge in [-0.05, 0) is 18.2 Å². The molecule has 2 N–H and O–H groups in total. The number of anilines is 1. The first-order valence-electron chi connectivity index (χ1n) is 4.93. The Balaban J connectivity index is 2.04. The van der Waals surface area contributed by atoms with E-state index in [1.165, 1.54) is 18.3 Å². The van der Waals surface area contributed by atoms with Gasteiger partial charge in [0, 0.05) is 11.6 Å². The minimum Gasteiger partial charge on any atom is -0.473 e. The highest BCUT2D eigenvalue weighted by Gasteiger charge is 2.03. The summed E-state index contributed by atoms with van der Waals surface area (Å²) in [5.41, 5.74) is 6.76. The number of hydrogen-bond acceptors (Lipinski definition) is 3. The molecule has 1 aromatic carbocycles. The Labute approximate surface area is 103 Å². The van der Waals surface area contributed by atoms with Crippen molar-refractivity contribution in [3.8, 4) is 5.88 Å². The molecular formula is C12H10ClFN2O. The molecule has 3 nitrogen and oxygen atoms in total. The fourth-order valence-corrected chi connectivity index (χ4v) is 1.49. The lowest BCUT2D eigenvalue weighted by Crippen LogP contribution is -1.98. The average Bonchev–Trinajstić information content (AvgIpc) is 2.30.